The van der Waals surface area contributed by atoms with E-state index in [1.807, 2.05) is 36.4 Å². The highest BCUT2D eigenvalue weighted by atomic mass is 16.5. The Kier molecular flexibility index (Phi) is 10.0. The minimum atomic E-state index is -0.367. The maximum Gasteiger partial charge on any atom is 0.293 e. The summed E-state index contributed by atoms with van der Waals surface area (Å²) in [7, 11) is 0. The Bertz CT molecular complexity index is 1310. The fourth-order valence-corrected chi connectivity index (χ4v) is 4.32. The molecule has 1 unspecified atom stereocenters. The van der Waals surface area contributed by atoms with Gasteiger partial charge in [-0.15, -0.1) is 0 Å². The molecule has 11 heteroatoms. The Labute approximate surface area is 227 Å². The van der Waals surface area contributed by atoms with Crippen molar-refractivity contribution < 1.29 is 14.3 Å². The summed E-state index contributed by atoms with van der Waals surface area (Å²) in [6, 6.07) is 13.0. The third-order valence-corrected chi connectivity index (χ3v) is 6.42. The van der Waals surface area contributed by atoms with Gasteiger partial charge in [-0.05, 0) is 44.5 Å². The van der Waals surface area contributed by atoms with Gasteiger partial charge in [0, 0.05) is 61.4 Å². The van der Waals surface area contributed by atoms with Crippen LogP contribution in [0.2, 0.25) is 0 Å². The molecule has 3 aromatic rings. The number of amides is 2. The summed E-state index contributed by atoms with van der Waals surface area (Å²) in [6.45, 7) is 3.89. The van der Waals surface area contributed by atoms with Crippen LogP contribution in [0.4, 0.5) is 5.82 Å². The number of benzene rings is 1. The second-order valence-corrected chi connectivity index (χ2v) is 9.42. The van der Waals surface area contributed by atoms with Crippen LogP contribution in [-0.4, -0.2) is 58.6 Å². The second kappa shape index (κ2) is 14.1. The normalized spacial score (nSPS) is 14.8. The van der Waals surface area contributed by atoms with Crippen molar-refractivity contribution in [3.8, 4) is 5.75 Å². The summed E-state index contributed by atoms with van der Waals surface area (Å²) in [5, 5.41) is 12.1. The summed E-state index contributed by atoms with van der Waals surface area (Å²) in [6.07, 6.45) is 5.91. The molecule has 0 aliphatic carbocycles. The fourth-order valence-electron chi connectivity index (χ4n) is 4.32. The molecule has 0 spiro atoms. The molecule has 1 saturated heterocycles. The van der Waals surface area contributed by atoms with E-state index in [1.165, 1.54) is 4.57 Å². The second-order valence-electron chi connectivity index (χ2n) is 9.42. The zero-order valence-electron chi connectivity index (χ0n) is 22.1. The first kappa shape index (κ1) is 27.8. The number of nitrogens with zero attached hydrogens (tertiary/aromatic N) is 3. The van der Waals surface area contributed by atoms with Gasteiger partial charge in [-0.2, -0.15) is 0 Å². The van der Waals surface area contributed by atoms with Crippen LogP contribution in [0.3, 0.4) is 0 Å². The van der Waals surface area contributed by atoms with E-state index in [0.29, 0.717) is 24.4 Å². The third-order valence-electron chi connectivity index (χ3n) is 6.42. The monoisotopic (exact) mass is 533 g/mol. The maximum absolute atomic E-state index is 13.0. The predicted octanol–water partition coefficient (Wildman–Crippen LogP) is 1.16. The first-order valence-corrected chi connectivity index (χ1v) is 13.2. The number of carbonyl (C=O) groups excluding carboxylic acids is 2. The standard InChI is InChI=1S/C28H35N7O4/c1-20-15-33-27(31-14-11-22-8-4-5-13-30-22)28(38)35(20)18-25(36)32-16-21-7-2-3-10-24(21)39-19-26(37)34-23-9-6-12-29-17-23/h2-5,7-8,10,13,15,23,29H,6,9,11-12,14,16-19H2,1H3,(H,31,33)(H,32,36)(H,34,37). The number of aryl methyl sites for hydroxylation is 1. The highest BCUT2D eigenvalue weighted by molar-refractivity contribution is 5.78. The first-order valence-electron chi connectivity index (χ1n) is 13.2. The van der Waals surface area contributed by atoms with Gasteiger partial charge in [0.1, 0.15) is 12.3 Å². The van der Waals surface area contributed by atoms with E-state index in [2.05, 4.69) is 31.2 Å². The number of carbonyl (C=O) groups is 2. The smallest absolute Gasteiger partial charge is 0.293 e. The molecule has 0 saturated carbocycles. The Morgan fingerprint density at radius 1 is 1.13 bits per heavy atom. The van der Waals surface area contributed by atoms with Gasteiger partial charge in [0.05, 0.1) is 0 Å². The Morgan fingerprint density at radius 2 is 1.97 bits per heavy atom. The lowest BCUT2D eigenvalue weighted by Gasteiger charge is -2.23. The molecule has 1 atom stereocenters. The Balaban J connectivity index is 1.29. The number of hydrogen-bond donors (Lipinski definition) is 4. The lowest BCUT2D eigenvalue weighted by atomic mass is 10.1. The van der Waals surface area contributed by atoms with Crippen molar-refractivity contribution in [1.82, 2.24) is 30.5 Å². The van der Waals surface area contributed by atoms with E-state index in [-0.39, 0.29) is 48.9 Å². The average molecular weight is 534 g/mol. The van der Waals surface area contributed by atoms with Gasteiger partial charge in [0.2, 0.25) is 5.91 Å². The summed E-state index contributed by atoms with van der Waals surface area (Å²) in [5.41, 5.74) is 1.85. The molecule has 1 aromatic carbocycles. The molecule has 39 heavy (non-hydrogen) atoms. The molecule has 1 aliphatic heterocycles. The van der Waals surface area contributed by atoms with Crippen LogP contribution in [0, 0.1) is 6.92 Å². The number of nitrogens with one attached hydrogen (secondary N) is 4. The maximum atomic E-state index is 13.0. The molecule has 2 aromatic heterocycles. The summed E-state index contributed by atoms with van der Waals surface area (Å²) >= 11 is 0. The number of ether oxygens (including phenoxy) is 1. The number of anilines is 1. The molecule has 1 aliphatic rings. The van der Waals surface area contributed by atoms with Crippen molar-refractivity contribution in [2.75, 3.05) is 31.6 Å². The van der Waals surface area contributed by atoms with Crippen LogP contribution in [-0.2, 0) is 29.1 Å². The summed E-state index contributed by atoms with van der Waals surface area (Å²) < 4.78 is 7.14. The zero-order valence-corrected chi connectivity index (χ0v) is 22.1. The lowest BCUT2D eigenvalue weighted by Crippen LogP contribution is -2.47. The van der Waals surface area contributed by atoms with Gasteiger partial charge in [-0.1, -0.05) is 24.3 Å². The van der Waals surface area contributed by atoms with Gasteiger partial charge < -0.3 is 26.0 Å². The number of pyridine rings is 1. The van der Waals surface area contributed by atoms with E-state index in [1.54, 1.807) is 25.4 Å². The molecule has 206 valence electrons. The highest BCUT2D eigenvalue weighted by Gasteiger charge is 2.16. The van der Waals surface area contributed by atoms with Crippen molar-refractivity contribution in [2.45, 2.75) is 45.3 Å². The quantitative estimate of drug-likeness (QED) is 0.272. The number of para-hydroxylation sites is 1. The van der Waals surface area contributed by atoms with E-state index >= 15 is 0 Å². The number of piperidine rings is 1. The van der Waals surface area contributed by atoms with Crippen molar-refractivity contribution >= 4 is 17.6 Å². The van der Waals surface area contributed by atoms with Crippen LogP contribution in [0.1, 0.15) is 29.8 Å². The van der Waals surface area contributed by atoms with E-state index in [9.17, 15) is 14.4 Å². The zero-order chi connectivity index (χ0) is 27.5. The van der Waals surface area contributed by atoms with Crippen LogP contribution >= 0.6 is 0 Å². The Morgan fingerprint density at radius 3 is 2.77 bits per heavy atom. The van der Waals surface area contributed by atoms with Crippen LogP contribution in [0.5, 0.6) is 5.75 Å². The van der Waals surface area contributed by atoms with Crippen molar-refractivity contribution in [1.29, 1.82) is 0 Å². The largest absolute Gasteiger partial charge is 0.483 e. The molecule has 0 bridgehead atoms. The Hall–Kier alpha value is -4.25. The molecular weight excluding hydrogens is 498 g/mol. The average Bonchev–Trinajstić information content (AvgIpc) is 2.96. The van der Waals surface area contributed by atoms with Crippen molar-refractivity contribution in [3.63, 3.8) is 0 Å². The van der Waals surface area contributed by atoms with Crippen LogP contribution in [0.15, 0.2) is 59.7 Å². The molecule has 3 heterocycles. The SMILES string of the molecule is Cc1cnc(NCCc2ccccn2)c(=O)n1CC(=O)NCc1ccccc1OCC(=O)NC1CCCNC1. The van der Waals surface area contributed by atoms with Crippen molar-refractivity contribution in [2.24, 2.45) is 0 Å². The first-order chi connectivity index (χ1) is 19.0. The van der Waals surface area contributed by atoms with Gasteiger partial charge >= 0.3 is 0 Å². The molecule has 0 radical (unpaired) electrons. The van der Waals surface area contributed by atoms with Crippen LogP contribution < -0.4 is 31.6 Å². The minimum absolute atomic E-state index is 0.108. The fraction of sp³-hybridized carbons (Fsp3) is 0.393. The molecular formula is C28H35N7O4. The highest BCUT2D eigenvalue weighted by Crippen LogP contribution is 2.17. The van der Waals surface area contributed by atoms with Gasteiger partial charge in [0.25, 0.3) is 11.5 Å². The topological polar surface area (TPSA) is 139 Å². The van der Waals surface area contributed by atoms with Crippen LogP contribution in [0.25, 0.3) is 0 Å². The van der Waals surface area contributed by atoms with E-state index in [4.69, 9.17) is 4.74 Å². The van der Waals surface area contributed by atoms with E-state index < -0.39 is 0 Å². The molecule has 11 nitrogen and oxygen atoms in total. The molecule has 4 rings (SSSR count). The predicted molar refractivity (Wildman–Crippen MR) is 147 cm³/mol. The van der Waals surface area contributed by atoms with Gasteiger partial charge in [-0.3, -0.25) is 23.9 Å². The van der Waals surface area contributed by atoms with Gasteiger partial charge in [-0.25, -0.2) is 4.98 Å². The molecule has 1 fully saturated rings. The minimum Gasteiger partial charge on any atom is -0.483 e. The number of rotatable bonds is 12. The molecule has 2 amide bonds. The van der Waals surface area contributed by atoms with E-state index in [0.717, 1.165) is 37.2 Å². The third kappa shape index (κ3) is 8.37. The van der Waals surface area contributed by atoms with Gasteiger partial charge in [0.15, 0.2) is 12.4 Å². The number of hydrogen-bond acceptors (Lipinski definition) is 8. The summed E-state index contributed by atoms with van der Waals surface area (Å²) in [5.74, 6) is 0.194. The summed E-state index contributed by atoms with van der Waals surface area (Å²) in [4.78, 5) is 46.5. The number of aromatic nitrogens is 3. The lowest BCUT2D eigenvalue weighted by molar-refractivity contribution is -0.124. The van der Waals surface area contributed by atoms with Crippen molar-refractivity contribution in [3.05, 3.63) is 82.2 Å². The molecule has 4 N–H and O–H groups in total.